The van der Waals surface area contributed by atoms with Crippen molar-refractivity contribution in [1.29, 1.82) is 0 Å². The van der Waals surface area contributed by atoms with Crippen molar-refractivity contribution >= 4 is 6.29 Å². The molecule has 0 atom stereocenters. The van der Waals surface area contributed by atoms with Crippen molar-refractivity contribution in [2.24, 2.45) is 0 Å². The van der Waals surface area contributed by atoms with Crippen LogP contribution in [0.2, 0.25) is 0 Å². The summed E-state index contributed by atoms with van der Waals surface area (Å²) in [6.45, 7) is 0. The van der Waals surface area contributed by atoms with Gasteiger partial charge in [0.05, 0.1) is 5.56 Å². The normalized spacial score (nSPS) is 11.9. The van der Waals surface area contributed by atoms with Crippen molar-refractivity contribution < 1.29 is 26.7 Å². The SMILES string of the molecule is O=Cc1cc(C(F)(F)F)c(C(F)F)cn1. The first-order valence-corrected chi connectivity index (χ1v) is 3.66. The zero-order valence-corrected chi connectivity index (χ0v) is 7.05. The Bertz CT molecular complexity index is 374. The molecular weight excluding hydrogens is 221 g/mol. The summed E-state index contributed by atoms with van der Waals surface area (Å²) in [6, 6.07) is 0.300. The van der Waals surface area contributed by atoms with E-state index < -0.39 is 29.4 Å². The molecule has 0 bridgehead atoms. The van der Waals surface area contributed by atoms with E-state index in [0.29, 0.717) is 12.3 Å². The summed E-state index contributed by atoms with van der Waals surface area (Å²) in [4.78, 5) is 13.3. The molecule has 0 N–H and O–H groups in total. The Morgan fingerprint density at radius 2 is 1.93 bits per heavy atom. The fourth-order valence-corrected chi connectivity index (χ4v) is 0.966. The molecule has 0 saturated heterocycles. The second-order valence-electron chi connectivity index (χ2n) is 2.61. The highest BCUT2D eigenvalue weighted by Crippen LogP contribution is 2.35. The van der Waals surface area contributed by atoms with E-state index in [1.54, 1.807) is 0 Å². The van der Waals surface area contributed by atoms with Gasteiger partial charge < -0.3 is 0 Å². The number of nitrogens with zero attached hydrogens (tertiary/aromatic N) is 1. The zero-order valence-electron chi connectivity index (χ0n) is 7.05. The number of carbonyl (C=O) groups excluding carboxylic acids is 1. The molecule has 0 unspecified atom stereocenters. The zero-order chi connectivity index (χ0) is 11.6. The third kappa shape index (κ3) is 2.48. The second kappa shape index (κ2) is 3.92. The minimum Gasteiger partial charge on any atom is -0.296 e. The van der Waals surface area contributed by atoms with Crippen molar-refractivity contribution in [3.8, 4) is 0 Å². The van der Waals surface area contributed by atoms with E-state index >= 15 is 0 Å². The Morgan fingerprint density at radius 1 is 1.33 bits per heavy atom. The molecule has 0 aliphatic heterocycles. The molecule has 0 saturated carbocycles. The number of halogens is 5. The minimum absolute atomic E-state index is 0.0600. The topological polar surface area (TPSA) is 30.0 Å². The predicted molar refractivity (Wildman–Crippen MR) is 39.6 cm³/mol. The third-order valence-corrected chi connectivity index (χ3v) is 1.62. The Labute approximate surface area is 80.7 Å². The van der Waals surface area contributed by atoms with Crippen LogP contribution in [0.3, 0.4) is 0 Å². The molecule has 1 heterocycles. The molecule has 15 heavy (non-hydrogen) atoms. The maximum Gasteiger partial charge on any atom is 0.417 e. The molecule has 0 radical (unpaired) electrons. The van der Waals surface area contributed by atoms with Gasteiger partial charge in [-0.2, -0.15) is 13.2 Å². The van der Waals surface area contributed by atoms with E-state index in [0.717, 1.165) is 0 Å². The van der Waals surface area contributed by atoms with Crippen LogP contribution >= 0.6 is 0 Å². The van der Waals surface area contributed by atoms with Crippen LogP contribution in [0.25, 0.3) is 0 Å². The molecule has 1 aromatic rings. The van der Waals surface area contributed by atoms with E-state index in [4.69, 9.17) is 0 Å². The molecule has 0 aliphatic carbocycles. The van der Waals surface area contributed by atoms with E-state index in [-0.39, 0.29) is 6.29 Å². The van der Waals surface area contributed by atoms with Gasteiger partial charge in [0.15, 0.2) is 6.29 Å². The van der Waals surface area contributed by atoms with Crippen molar-refractivity contribution in [3.63, 3.8) is 0 Å². The van der Waals surface area contributed by atoms with Crippen LogP contribution in [0.15, 0.2) is 12.3 Å². The van der Waals surface area contributed by atoms with Gasteiger partial charge in [-0.3, -0.25) is 9.78 Å². The first-order valence-electron chi connectivity index (χ1n) is 3.66. The minimum atomic E-state index is -4.92. The largest absolute Gasteiger partial charge is 0.417 e. The fourth-order valence-electron chi connectivity index (χ4n) is 0.966. The van der Waals surface area contributed by atoms with Gasteiger partial charge in [-0.1, -0.05) is 0 Å². The van der Waals surface area contributed by atoms with Crippen LogP contribution in [0.4, 0.5) is 22.0 Å². The van der Waals surface area contributed by atoms with Crippen molar-refractivity contribution in [2.45, 2.75) is 12.6 Å². The van der Waals surface area contributed by atoms with Gasteiger partial charge in [-0.15, -0.1) is 0 Å². The third-order valence-electron chi connectivity index (χ3n) is 1.62. The molecule has 0 fully saturated rings. The Kier molecular flexibility index (Phi) is 3.01. The van der Waals surface area contributed by atoms with Gasteiger partial charge in [0, 0.05) is 11.8 Å². The lowest BCUT2D eigenvalue weighted by Gasteiger charge is -2.11. The van der Waals surface area contributed by atoms with E-state index in [2.05, 4.69) is 4.98 Å². The van der Waals surface area contributed by atoms with Gasteiger partial charge in [-0.25, -0.2) is 8.78 Å². The van der Waals surface area contributed by atoms with Gasteiger partial charge in [0.2, 0.25) is 0 Å². The van der Waals surface area contributed by atoms with Crippen molar-refractivity contribution in [1.82, 2.24) is 4.98 Å². The predicted octanol–water partition coefficient (Wildman–Crippen LogP) is 2.85. The molecule has 1 aromatic heterocycles. The maximum atomic E-state index is 12.2. The molecule has 2 nitrogen and oxygen atoms in total. The number of rotatable bonds is 2. The lowest BCUT2D eigenvalue weighted by Crippen LogP contribution is -2.11. The van der Waals surface area contributed by atoms with Crippen LogP contribution in [-0.2, 0) is 6.18 Å². The smallest absolute Gasteiger partial charge is 0.296 e. The highest BCUT2D eigenvalue weighted by molar-refractivity contribution is 5.72. The number of hydrogen-bond acceptors (Lipinski definition) is 2. The van der Waals surface area contributed by atoms with E-state index in [1.807, 2.05) is 0 Å². The first-order chi connectivity index (χ1) is 6.86. The highest BCUT2D eigenvalue weighted by Gasteiger charge is 2.36. The molecule has 0 spiro atoms. The van der Waals surface area contributed by atoms with Crippen LogP contribution in [0, 0.1) is 0 Å². The number of aldehydes is 1. The first kappa shape index (κ1) is 11.5. The summed E-state index contributed by atoms with van der Waals surface area (Å²) in [5.74, 6) is 0. The van der Waals surface area contributed by atoms with E-state index in [9.17, 15) is 26.7 Å². The summed E-state index contributed by atoms with van der Waals surface area (Å²) in [5.41, 5.74) is -3.30. The molecule has 0 aromatic carbocycles. The molecule has 82 valence electrons. The molecule has 0 aliphatic rings. The van der Waals surface area contributed by atoms with Crippen LogP contribution in [0.5, 0.6) is 0 Å². The number of alkyl halides is 5. The number of pyridine rings is 1. The average molecular weight is 225 g/mol. The summed E-state index contributed by atoms with van der Waals surface area (Å²) in [5, 5.41) is 0. The number of aromatic nitrogens is 1. The monoisotopic (exact) mass is 225 g/mol. The lowest BCUT2D eigenvalue weighted by atomic mass is 10.1. The Hall–Kier alpha value is -1.53. The summed E-state index contributed by atoms with van der Waals surface area (Å²) >= 11 is 0. The molecule has 1 rings (SSSR count). The standard InChI is InChI=1S/C8H4F5NO/c9-7(10)5-2-14-4(3-15)1-6(5)8(11,12)13/h1-3,7H. The maximum absolute atomic E-state index is 12.2. The van der Waals surface area contributed by atoms with Gasteiger partial charge in [0.1, 0.15) is 5.69 Å². The quantitative estimate of drug-likeness (QED) is 0.572. The molecular formula is C8H4F5NO. The average Bonchev–Trinajstić information content (AvgIpc) is 2.15. The Balaban J connectivity index is 3.35. The number of carbonyl (C=O) groups is 1. The highest BCUT2D eigenvalue weighted by atomic mass is 19.4. The second-order valence-corrected chi connectivity index (χ2v) is 2.61. The van der Waals surface area contributed by atoms with Gasteiger partial charge in [-0.05, 0) is 6.07 Å². The molecule has 0 amide bonds. The van der Waals surface area contributed by atoms with Crippen LogP contribution in [-0.4, -0.2) is 11.3 Å². The van der Waals surface area contributed by atoms with Crippen molar-refractivity contribution in [2.75, 3.05) is 0 Å². The van der Waals surface area contributed by atoms with Crippen LogP contribution in [0.1, 0.15) is 28.0 Å². The summed E-state index contributed by atoms with van der Waals surface area (Å²) in [6.07, 6.45) is -7.79. The Morgan fingerprint density at radius 3 is 2.33 bits per heavy atom. The lowest BCUT2D eigenvalue weighted by molar-refractivity contribution is -0.139. The summed E-state index contributed by atoms with van der Waals surface area (Å²) in [7, 11) is 0. The number of hydrogen-bond donors (Lipinski definition) is 0. The van der Waals surface area contributed by atoms with Crippen molar-refractivity contribution in [3.05, 3.63) is 29.1 Å². The molecule has 7 heteroatoms. The summed E-state index contributed by atoms with van der Waals surface area (Å²) < 4.78 is 61.1. The fraction of sp³-hybridized carbons (Fsp3) is 0.250. The van der Waals surface area contributed by atoms with Gasteiger partial charge in [0.25, 0.3) is 6.43 Å². The van der Waals surface area contributed by atoms with Crippen LogP contribution < -0.4 is 0 Å². The van der Waals surface area contributed by atoms with Gasteiger partial charge >= 0.3 is 6.18 Å². The van der Waals surface area contributed by atoms with E-state index in [1.165, 1.54) is 0 Å².